The van der Waals surface area contributed by atoms with Crippen LogP contribution in [0.3, 0.4) is 0 Å². The molecule has 0 aromatic heterocycles. The molecule has 1 aliphatic heterocycles. The third kappa shape index (κ3) is 9.83. The van der Waals surface area contributed by atoms with Crippen LogP contribution in [0.4, 0.5) is 0 Å². The van der Waals surface area contributed by atoms with Crippen LogP contribution in [0.2, 0.25) is 0 Å². The molecule has 5 rings (SSSR count). The second-order valence-electron chi connectivity index (χ2n) is 12.1. The van der Waals surface area contributed by atoms with Gasteiger partial charge in [0, 0.05) is 0 Å². The topological polar surface area (TPSA) is 55.4 Å². The average molecular weight is 597 g/mol. The van der Waals surface area contributed by atoms with E-state index in [0.29, 0.717) is 33.0 Å². The van der Waals surface area contributed by atoms with E-state index in [9.17, 15) is 0 Å². The lowest BCUT2D eigenvalue weighted by molar-refractivity contribution is -0.344. The van der Waals surface area contributed by atoms with Crippen LogP contribution >= 0.6 is 0 Å². The van der Waals surface area contributed by atoms with E-state index in [0.717, 1.165) is 22.3 Å². The number of hydrogen-bond acceptors (Lipinski definition) is 6. The van der Waals surface area contributed by atoms with Crippen molar-refractivity contribution in [3.05, 3.63) is 144 Å². The minimum absolute atomic E-state index is 0.301. The average Bonchev–Trinajstić information content (AvgIpc) is 3.04. The van der Waals surface area contributed by atoms with Crippen molar-refractivity contribution in [2.75, 3.05) is 6.61 Å². The summed E-state index contributed by atoms with van der Waals surface area (Å²) in [7, 11) is 0. The Labute approximate surface area is 261 Å². The van der Waals surface area contributed by atoms with Crippen molar-refractivity contribution in [1.29, 1.82) is 0 Å². The lowest BCUT2D eigenvalue weighted by Crippen LogP contribution is -2.62. The molecule has 4 aromatic rings. The molecule has 1 heterocycles. The van der Waals surface area contributed by atoms with Gasteiger partial charge in [-0.2, -0.15) is 0 Å². The van der Waals surface area contributed by atoms with E-state index in [2.05, 4.69) is 36.4 Å². The standard InChI is InChI=1S/C38H44O6/c1-38(2,3)44-37-36(42-27-32-22-14-7-15-23-32)35(41-26-31-20-12-6-13-21-31)34(40-25-30-18-10-5-11-19-30)33(43-37)28-39-24-29-16-8-4-9-17-29/h4-23,33-37H,24-28H2,1-3H3/t33-,34+,35+,36-,37-/m1/s1. The third-order valence-electron chi connectivity index (χ3n) is 7.31. The zero-order valence-corrected chi connectivity index (χ0v) is 25.9. The molecular weight excluding hydrogens is 552 g/mol. The van der Waals surface area contributed by atoms with E-state index < -0.39 is 36.3 Å². The quantitative estimate of drug-likeness (QED) is 0.150. The van der Waals surface area contributed by atoms with Gasteiger partial charge in [-0.05, 0) is 43.0 Å². The SMILES string of the molecule is CC(C)(C)O[C@H]1O[C@H](COCc2ccccc2)[C@H](OCc2ccccc2)[C@H](OCc2ccccc2)[C@H]1OCc1ccccc1. The molecule has 232 valence electrons. The summed E-state index contributed by atoms with van der Waals surface area (Å²) in [5, 5.41) is 0. The fourth-order valence-corrected chi connectivity index (χ4v) is 5.19. The summed E-state index contributed by atoms with van der Waals surface area (Å²) in [4.78, 5) is 0. The second kappa shape index (κ2) is 16.1. The Balaban J connectivity index is 1.44. The number of benzene rings is 4. The van der Waals surface area contributed by atoms with Gasteiger partial charge in [0.25, 0.3) is 0 Å². The highest BCUT2D eigenvalue weighted by molar-refractivity contribution is 5.16. The van der Waals surface area contributed by atoms with Crippen LogP contribution in [0, 0.1) is 0 Å². The Bertz CT molecular complexity index is 1340. The molecule has 0 bridgehead atoms. The van der Waals surface area contributed by atoms with E-state index in [1.165, 1.54) is 0 Å². The highest BCUT2D eigenvalue weighted by Gasteiger charge is 2.50. The molecule has 0 N–H and O–H groups in total. The first-order valence-corrected chi connectivity index (χ1v) is 15.4. The molecule has 0 amide bonds. The van der Waals surface area contributed by atoms with Crippen molar-refractivity contribution in [2.45, 2.75) is 83.5 Å². The first-order valence-electron chi connectivity index (χ1n) is 15.4. The third-order valence-corrected chi connectivity index (χ3v) is 7.31. The fraction of sp³-hybridized carbons (Fsp3) is 0.368. The van der Waals surface area contributed by atoms with E-state index >= 15 is 0 Å². The smallest absolute Gasteiger partial charge is 0.187 e. The first-order chi connectivity index (χ1) is 21.4. The van der Waals surface area contributed by atoms with Crippen molar-refractivity contribution < 1.29 is 28.4 Å². The maximum Gasteiger partial charge on any atom is 0.187 e. The largest absolute Gasteiger partial charge is 0.374 e. The number of ether oxygens (including phenoxy) is 6. The summed E-state index contributed by atoms with van der Waals surface area (Å²) >= 11 is 0. The first kappa shape index (κ1) is 32.0. The van der Waals surface area contributed by atoms with Crippen molar-refractivity contribution in [2.24, 2.45) is 0 Å². The van der Waals surface area contributed by atoms with E-state index in [4.69, 9.17) is 28.4 Å². The van der Waals surface area contributed by atoms with Crippen molar-refractivity contribution in [1.82, 2.24) is 0 Å². The van der Waals surface area contributed by atoms with Crippen LogP contribution in [-0.4, -0.2) is 42.9 Å². The maximum atomic E-state index is 6.75. The fourth-order valence-electron chi connectivity index (χ4n) is 5.19. The van der Waals surface area contributed by atoms with Crippen LogP contribution in [0.15, 0.2) is 121 Å². The van der Waals surface area contributed by atoms with Crippen molar-refractivity contribution >= 4 is 0 Å². The molecule has 0 spiro atoms. The van der Waals surface area contributed by atoms with Gasteiger partial charge in [-0.25, -0.2) is 0 Å². The molecule has 1 saturated heterocycles. The Morgan fingerprint density at radius 3 is 1.32 bits per heavy atom. The Hall–Kier alpha value is -3.36. The van der Waals surface area contributed by atoms with Gasteiger partial charge in [-0.15, -0.1) is 0 Å². The van der Waals surface area contributed by atoms with Gasteiger partial charge in [-0.3, -0.25) is 0 Å². The normalized spacial score (nSPS) is 22.1. The number of hydrogen-bond donors (Lipinski definition) is 0. The predicted octanol–water partition coefficient (Wildman–Crippen LogP) is 7.50. The molecule has 0 radical (unpaired) electrons. The molecular formula is C38H44O6. The van der Waals surface area contributed by atoms with E-state index in [1.807, 2.05) is 106 Å². The van der Waals surface area contributed by atoms with Crippen LogP contribution in [0.25, 0.3) is 0 Å². The van der Waals surface area contributed by atoms with Crippen molar-refractivity contribution in [3.8, 4) is 0 Å². The van der Waals surface area contributed by atoms with Crippen LogP contribution in [0.5, 0.6) is 0 Å². The maximum absolute atomic E-state index is 6.75. The Morgan fingerprint density at radius 1 is 0.500 bits per heavy atom. The molecule has 1 fully saturated rings. The summed E-state index contributed by atoms with van der Waals surface area (Å²) in [6, 6.07) is 40.5. The van der Waals surface area contributed by atoms with Crippen molar-refractivity contribution in [3.63, 3.8) is 0 Å². The number of rotatable bonds is 14. The van der Waals surface area contributed by atoms with Crippen LogP contribution in [0.1, 0.15) is 43.0 Å². The highest BCUT2D eigenvalue weighted by Crippen LogP contribution is 2.33. The minimum atomic E-state index is -0.707. The van der Waals surface area contributed by atoms with Crippen LogP contribution < -0.4 is 0 Å². The summed E-state index contributed by atoms with van der Waals surface area (Å²) in [5.41, 5.74) is 3.78. The van der Waals surface area contributed by atoms with Crippen LogP contribution in [-0.2, 0) is 54.8 Å². The predicted molar refractivity (Wildman–Crippen MR) is 171 cm³/mol. The Kier molecular flexibility index (Phi) is 11.7. The summed E-state index contributed by atoms with van der Waals surface area (Å²) in [6.07, 6.45) is -2.73. The zero-order valence-electron chi connectivity index (χ0n) is 25.9. The summed E-state index contributed by atoms with van der Waals surface area (Å²) in [5.74, 6) is 0. The molecule has 1 aliphatic rings. The lowest BCUT2D eigenvalue weighted by Gasteiger charge is -2.47. The molecule has 0 saturated carbocycles. The Morgan fingerprint density at radius 2 is 0.886 bits per heavy atom. The lowest BCUT2D eigenvalue weighted by atomic mass is 9.97. The highest BCUT2D eigenvalue weighted by atomic mass is 16.7. The van der Waals surface area contributed by atoms with Gasteiger partial charge in [0.05, 0.1) is 38.6 Å². The zero-order chi connectivity index (χ0) is 30.6. The summed E-state index contributed by atoms with van der Waals surface area (Å²) in [6.45, 7) is 7.98. The monoisotopic (exact) mass is 596 g/mol. The molecule has 0 unspecified atom stereocenters. The molecule has 6 heteroatoms. The molecule has 0 aliphatic carbocycles. The molecule has 5 atom stereocenters. The van der Waals surface area contributed by atoms with E-state index in [-0.39, 0.29) is 0 Å². The van der Waals surface area contributed by atoms with Gasteiger partial charge < -0.3 is 28.4 Å². The second-order valence-corrected chi connectivity index (χ2v) is 12.1. The summed E-state index contributed by atoms with van der Waals surface area (Å²) < 4.78 is 39.5. The van der Waals surface area contributed by atoms with Gasteiger partial charge in [0.15, 0.2) is 6.29 Å². The molecule has 4 aromatic carbocycles. The van der Waals surface area contributed by atoms with Gasteiger partial charge >= 0.3 is 0 Å². The minimum Gasteiger partial charge on any atom is -0.374 e. The molecule has 44 heavy (non-hydrogen) atoms. The van der Waals surface area contributed by atoms with Gasteiger partial charge in [0.1, 0.15) is 24.4 Å². The molecule has 6 nitrogen and oxygen atoms in total. The van der Waals surface area contributed by atoms with Gasteiger partial charge in [-0.1, -0.05) is 121 Å². The van der Waals surface area contributed by atoms with Gasteiger partial charge in [0.2, 0.25) is 0 Å². The van der Waals surface area contributed by atoms with E-state index in [1.54, 1.807) is 0 Å².